The van der Waals surface area contributed by atoms with Gasteiger partial charge in [0.2, 0.25) is 0 Å². The summed E-state index contributed by atoms with van der Waals surface area (Å²) in [5, 5.41) is 24.8. The molecule has 0 spiro atoms. The van der Waals surface area contributed by atoms with Crippen LogP contribution in [-0.2, 0) is 13.1 Å². The van der Waals surface area contributed by atoms with Crippen molar-refractivity contribution in [2.24, 2.45) is 5.41 Å². The molecule has 0 saturated carbocycles. The van der Waals surface area contributed by atoms with Crippen LogP contribution < -0.4 is 15.5 Å². The number of H-pyrrole nitrogens is 1. The van der Waals surface area contributed by atoms with E-state index in [2.05, 4.69) is 72.4 Å². The number of aromatic carboxylic acids is 1. The van der Waals surface area contributed by atoms with Gasteiger partial charge in [0, 0.05) is 50.5 Å². The monoisotopic (exact) mass is 765 g/mol. The molecule has 5 heterocycles. The molecular formula is C39H44BrN9O3. The first-order chi connectivity index (χ1) is 25.0. The molecule has 2 aromatic carbocycles. The highest BCUT2D eigenvalue weighted by Gasteiger charge is 2.26. The second kappa shape index (κ2) is 16.4. The Kier molecular flexibility index (Phi) is 11.5. The van der Waals surface area contributed by atoms with Gasteiger partial charge in [-0.3, -0.25) is 14.2 Å². The second-order valence-corrected chi connectivity index (χ2v) is 15.0. The number of carboxylic acid groups (broad SMARTS) is 1. The van der Waals surface area contributed by atoms with Crippen LogP contribution in [0.2, 0.25) is 0 Å². The summed E-state index contributed by atoms with van der Waals surface area (Å²) in [5.41, 5.74) is 5.71. The fourth-order valence-corrected chi connectivity index (χ4v) is 6.68. The quantitative estimate of drug-likeness (QED) is 0.116. The van der Waals surface area contributed by atoms with Gasteiger partial charge in [-0.2, -0.15) is 10.2 Å². The molecule has 1 atom stereocenters. The summed E-state index contributed by atoms with van der Waals surface area (Å²) in [6.45, 7) is 10.8. The lowest BCUT2D eigenvalue weighted by molar-refractivity contribution is 0.0696. The summed E-state index contributed by atoms with van der Waals surface area (Å²) in [6.07, 6.45) is 12.2. The Hall–Kier alpha value is -5.27. The summed E-state index contributed by atoms with van der Waals surface area (Å²) in [5.74, 6) is -1.15. The van der Waals surface area contributed by atoms with Gasteiger partial charge in [0.25, 0.3) is 5.91 Å². The molecule has 0 aliphatic carbocycles. The normalized spacial score (nSPS) is 14.5. The van der Waals surface area contributed by atoms with Crippen LogP contribution in [0, 0.1) is 5.41 Å². The number of piperidine rings is 1. The van der Waals surface area contributed by atoms with E-state index in [9.17, 15) is 9.59 Å². The molecule has 52 heavy (non-hydrogen) atoms. The number of rotatable bonds is 10. The first kappa shape index (κ1) is 36.5. The van der Waals surface area contributed by atoms with Gasteiger partial charge in [-0.1, -0.05) is 81.4 Å². The summed E-state index contributed by atoms with van der Waals surface area (Å²) >= 11 is 3.74. The Morgan fingerprint density at radius 1 is 0.923 bits per heavy atom. The maximum atomic E-state index is 13.2. The van der Waals surface area contributed by atoms with E-state index in [1.54, 1.807) is 21.8 Å². The van der Waals surface area contributed by atoms with Crippen LogP contribution in [0.25, 0.3) is 11.0 Å². The number of nitrogens with zero attached hydrogens (tertiary/aromatic N) is 6. The summed E-state index contributed by atoms with van der Waals surface area (Å²) in [4.78, 5) is 34.0. The number of anilines is 2. The van der Waals surface area contributed by atoms with Crippen molar-refractivity contribution in [3.05, 3.63) is 125 Å². The number of nitrogens with one attached hydrogen (secondary N) is 3. The van der Waals surface area contributed by atoms with Crippen LogP contribution in [0.1, 0.15) is 65.5 Å². The molecule has 0 radical (unpaired) electrons. The van der Waals surface area contributed by atoms with E-state index in [0.29, 0.717) is 30.4 Å². The SMILES string of the molecule is CC(C)(C)CN[C@@H]1CCCN(c2c(Br)cnc3[nH]cc(NC(=O)c4cnn(Cc5ccccc5)c4)c23)C1.O=C(O)c1cnn(Cc2ccccc2)c1. The fraction of sp³-hybridized carbons (Fsp3) is 0.308. The van der Waals surface area contributed by atoms with E-state index in [-0.39, 0.29) is 16.9 Å². The standard InChI is InChI=1S/C28H34BrN7O.C11H10N2O2/c1-28(2,3)18-32-21-10-7-11-35(17-21)25-22(29)13-30-26-24(25)23(14-31-26)34-27(37)20-12-33-36(16-20)15-19-8-5-4-6-9-19;14-11(15)10-6-12-13(8-10)7-9-4-2-1-3-5-9/h4-6,8-9,12-14,16,21,32H,7,10-11,15,17-18H2,1-3H3,(H,30,31)(H,34,37);1-6,8H,7H2,(H,14,15)/t21-;/m1./s1. The topological polar surface area (TPSA) is 146 Å². The number of pyridine rings is 1. The van der Waals surface area contributed by atoms with Crippen LogP contribution in [-0.4, -0.2) is 72.2 Å². The smallest absolute Gasteiger partial charge is 0.338 e. The molecule has 1 aliphatic heterocycles. The Labute approximate surface area is 311 Å². The third-order valence-electron chi connectivity index (χ3n) is 8.69. The lowest BCUT2D eigenvalue weighted by Gasteiger charge is -2.37. The lowest BCUT2D eigenvalue weighted by Crippen LogP contribution is -2.48. The molecule has 13 heteroatoms. The van der Waals surface area contributed by atoms with E-state index in [4.69, 9.17) is 5.11 Å². The molecule has 6 aromatic rings. The van der Waals surface area contributed by atoms with Crippen LogP contribution >= 0.6 is 15.9 Å². The molecule has 270 valence electrons. The minimum absolute atomic E-state index is 0.200. The lowest BCUT2D eigenvalue weighted by atomic mass is 9.95. The molecule has 1 fully saturated rings. The number of hydrogen-bond donors (Lipinski definition) is 4. The predicted octanol–water partition coefficient (Wildman–Crippen LogP) is 7.06. The molecule has 4 aromatic heterocycles. The maximum absolute atomic E-state index is 13.2. The number of halogens is 1. The van der Waals surface area contributed by atoms with E-state index in [0.717, 1.165) is 64.8 Å². The van der Waals surface area contributed by atoms with Crippen LogP contribution in [0.4, 0.5) is 11.4 Å². The Bertz CT molecular complexity index is 2100. The molecule has 7 rings (SSSR count). The van der Waals surface area contributed by atoms with Gasteiger partial charge in [-0.05, 0) is 45.3 Å². The first-order valence-corrected chi connectivity index (χ1v) is 18.1. The Morgan fingerprint density at radius 2 is 1.54 bits per heavy atom. The number of carbonyl (C=O) groups excluding carboxylic acids is 1. The highest BCUT2D eigenvalue weighted by atomic mass is 79.9. The van der Waals surface area contributed by atoms with Gasteiger partial charge >= 0.3 is 5.97 Å². The van der Waals surface area contributed by atoms with E-state index >= 15 is 0 Å². The molecule has 1 aliphatic rings. The zero-order chi connectivity index (χ0) is 36.7. The average molecular weight is 767 g/mol. The number of carboxylic acids is 1. The van der Waals surface area contributed by atoms with Crippen LogP contribution in [0.5, 0.6) is 0 Å². The van der Waals surface area contributed by atoms with Crippen LogP contribution in [0.3, 0.4) is 0 Å². The summed E-state index contributed by atoms with van der Waals surface area (Å²) < 4.78 is 4.31. The fourth-order valence-electron chi connectivity index (χ4n) is 6.12. The van der Waals surface area contributed by atoms with Gasteiger partial charge < -0.3 is 25.6 Å². The van der Waals surface area contributed by atoms with Crippen molar-refractivity contribution in [2.75, 3.05) is 29.9 Å². The largest absolute Gasteiger partial charge is 0.478 e. The zero-order valence-corrected chi connectivity index (χ0v) is 31.2. The molecule has 0 bridgehead atoms. The van der Waals surface area contributed by atoms with Crippen molar-refractivity contribution in [2.45, 2.75) is 52.7 Å². The molecule has 1 saturated heterocycles. The van der Waals surface area contributed by atoms with Crippen molar-refractivity contribution in [1.82, 2.24) is 34.8 Å². The number of benzene rings is 2. The van der Waals surface area contributed by atoms with Crippen molar-refractivity contribution < 1.29 is 14.7 Å². The average Bonchev–Trinajstić information content (AvgIpc) is 3.90. The van der Waals surface area contributed by atoms with Crippen molar-refractivity contribution >= 4 is 50.2 Å². The van der Waals surface area contributed by atoms with Crippen LogP contribution in [0.15, 0.2) is 102 Å². The number of fused-ring (bicyclic) bond motifs is 1. The highest BCUT2D eigenvalue weighted by molar-refractivity contribution is 9.10. The van der Waals surface area contributed by atoms with E-state index in [1.807, 2.05) is 73.1 Å². The summed E-state index contributed by atoms with van der Waals surface area (Å²) in [7, 11) is 0. The molecule has 0 unspecified atom stereocenters. The van der Waals surface area contributed by atoms with E-state index < -0.39 is 5.97 Å². The minimum Gasteiger partial charge on any atom is -0.478 e. The molecule has 12 nitrogen and oxygen atoms in total. The first-order valence-electron chi connectivity index (χ1n) is 17.3. The number of carbonyl (C=O) groups is 2. The third kappa shape index (κ3) is 9.53. The number of aromatic nitrogens is 6. The minimum atomic E-state index is -0.950. The van der Waals surface area contributed by atoms with Gasteiger partial charge in [-0.15, -0.1) is 0 Å². The Morgan fingerprint density at radius 3 is 2.13 bits per heavy atom. The predicted molar refractivity (Wildman–Crippen MR) is 207 cm³/mol. The molecule has 4 N–H and O–H groups in total. The van der Waals surface area contributed by atoms with Gasteiger partial charge in [0.1, 0.15) is 5.65 Å². The maximum Gasteiger partial charge on any atom is 0.338 e. The van der Waals surface area contributed by atoms with Gasteiger partial charge in [-0.25, -0.2) is 9.78 Å². The third-order valence-corrected chi connectivity index (χ3v) is 9.27. The van der Waals surface area contributed by atoms with Crippen molar-refractivity contribution in [3.8, 4) is 0 Å². The van der Waals surface area contributed by atoms with Crippen molar-refractivity contribution in [3.63, 3.8) is 0 Å². The number of aromatic amines is 1. The zero-order valence-electron chi connectivity index (χ0n) is 29.6. The van der Waals surface area contributed by atoms with E-state index in [1.165, 1.54) is 12.4 Å². The number of hydrogen-bond acceptors (Lipinski definition) is 7. The number of amides is 1. The van der Waals surface area contributed by atoms with Crippen molar-refractivity contribution in [1.29, 1.82) is 0 Å². The van der Waals surface area contributed by atoms with Gasteiger partial charge in [0.15, 0.2) is 0 Å². The molecule has 1 amide bonds. The summed E-state index contributed by atoms with van der Waals surface area (Å²) in [6, 6.07) is 20.3. The molecular weight excluding hydrogens is 722 g/mol. The highest BCUT2D eigenvalue weighted by Crippen LogP contribution is 2.39. The second-order valence-electron chi connectivity index (χ2n) is 14.2. The Balaban J connectivity index is 0.000000258. The van der Waals surface area contributed by atoms with Gasteiger partial charge in [0.05, 0.1) is 57.8 Å².